The van der Waals surface area contributed by atoms with Crippen molar-refractivity contribution < 1.29 is 28.7 Å². The van der Waals surface area contributed by atoms with Crippen LogP contribution in [0.15, 0.2) is 36.9 Å². The number of carbonyl (C=O) groups is 5. The van der Waals surface area contributed by atoms with Crippen LogP contribution in [0.3, 0.4) is 0 Å². The summed E-state index contributed by atoms with van der Waals surface area (Å²) in [6.07, 6.45) is 6.85. The molecular weight excluding hydrogens is 574 g/mol. The highest BCUT2D eigenvalue weighted by Crippen LogP contribution is 2.19. The molecule has 4 amide bonds. The van der Waals surface area contributed by atoms with Gasteiger partial charge in [0.2, 0.25) is 17.6 Å². The van der Waals surface area contributed by atoms with Crippen LogP contribution in [0.25, 0.3) is 0 Å². The van der Waals surface area contributed by atoms with E-state index < -0.39 is 23.7 Å². The smallest absolute Gasteiger partial charge is 0.354 e. The third-order valence-electron chi connectivity index (χ3n) is 6.43. The van der Waals surface area contributed by atoms with Crippen LogP contribution in [-0.2, 0) is 37.7 Å². The number of ether oxygens (including phenoxy) is 1. The molecule has 0 aromatic carbocycles. The van der Waals surface area contributed by atoms with Crippen molar-refractivity contribution in [3.8, 4) is 0 Å². The Bertz CT molecular complexity index is 1740. The van der Waals surface area contributed by atoms with Crippen LogP contribution in [0.4, 0.5) is 23.0 Å². The van der Waals surface area contributed by atoms with Gasteiger partial charge in [-0.1, -0.05) is 0 Å². The summed E-state index contributed by atoms with van der Waals surface area (Å²) < 4.78 is 10.7. The third kappa shape index (κ3) is 7.01. The SMILES string of the molecule is COC(=O)c1cc(NC(=O)c2nc(NC(=O)c3cc(NC(=O)c4nc(NC(=O)CCCN)cn4C)cn3C)cn2C)cn1C. The highest BCUT2D eigenvalue weighted by molar-refractivity contribution is 6.07. The van der Waals surface area contributed by atoms with Gasteiger partial charge in [0.25, 0.3) is 17.7 Å². The Morgan fingerprint density at radius 2 is 1.20 bits per heavy atom. The summed E-state index contributed by atoms with van der Waals surface area (Å²) in [5.41, 5.74) is 6.57. The predicted molar refractivity (Wildman–Crippen MR) is 159 cm³/mol. The lowest BCUT2D eigenvalue weighted by Gasteiger charge is -2.02. The number of amides is 4. The number of imidazole rings is 2. The molecule has 0 unspecified atom stereocenters. The van der Waals surface area contributed by atoms with Crippen LogP contribution in [0.2, 0.25) is 0 Å². The van der Waals surface area contributed by atoms with E-state index in [4.69, 9.17) is 10.5 Å². The van der Waals surface area contributed by atoms with E-state index in [2.05, 4.69) is 31.2 Å². The molecule has 17 nitrogen and oxygen atoms in total. The average Bonchev–Trinajstić information content (AvgIpc) is 3.72. The number of hydrogen-bond acceptors (Lipinski definition) is 9. The van der Waals surface area contributed by atoms with Gasteiger partial charge in [-0.2, -0.15) is 0 Å². The zero-order chi connectivity index (χ0) is 32.1. The summed E-state index contributed by atoms with van der Waals surface area (Å²) in [4.78, 5) is 71.0. The average molecular weight is 608 g/mol. The first-order valence-corrected chi connectivity index (χ1v) is 13.3. The fourth-order valence-corrected chi connectivity index (χ4v) is 4.30. The van der Waals surface area contributed by atoms with E-state index in [-0.39, 0.29) is 47.0 Å². The van der Waals surface area contributed by atoms with Crippen molar-refractivity contribution in [3.05, 3.63) is 60.0 Å². The molecule has 232 valence electrons. The van der Waals surface area contributed by atoms with Crippen molar-refractivity contribution in [2.45, 2.75) is 12.8 Å². The number of carbonyl (C=O) groups excluding carboxylic acids is 5. The summed E-state index contributed by atoms with van der Waals surface area (Å²) in [6, 6.07) is 2.94. The maximum absolute atomic E-state index is 13.0. The van der Waals surface area contributed by atoms with Gasteiger partial charge in [-0.3, -0.25) is 19.2 Å². The number of rotatable bonds is 11. The first-order chi connectivity index (χ1) is 20.9. The second-order valence-electron chi connectivity index (χ2n) is 9.87. The maximum atomic E-state index is 13.0. The van der Waals surface area contributed by atoms with Crippen molar-refractivity contribution in [1.82, 2.24) is 28.2 Å². The lowest BCUT2D eigenvalue weighted by Crippen LogP contribution is -2.17. The second kappa shape index (κ2) is 13.1. The van der Waals surface area contributed by atoms with Gasteiger partial charge in [-0.05, 0) is 25.1 Å². The molecule has 6 N–H and O–H groups in total. The standard InChI is InChI=1S/C27H33N11O6/c1-35-11-15(29-25(41)22-32-19(13-37(22)3)31-21(39)7-6-8-28)9-17(35)24(40)34-20-14-38(4)23(33-20)26(42)30-16-10-18(27(43)44-5)36(2)12-16/h9-14H,6-8,28H2,1-5H3,(H,29,41)(H,30,42)(H,31,39)(H,34,40). The lowest BCUT2D eigenvalue weighted by atomic mass is 10.3. The lowest BCUT2D eigenvalue weighted by molar-refractivity contribution is -0.116. The normalized spacial score (nSPS) is 10.8. The number of nitrogens with two attached hydrogens (primary N) is 1. The van der Waals surface area contributed by atoms with Crippen molar-refractivity contribution in [1.29, 1.82) is 0 Å². The summed E-state index contributed by atoms with van der Waals surface area (Å²) in [5.74, 6) is -2.06. The Balaban J connectivity index is 1.40. The molecule has 0 fully saturated rings. The summed E-state index contributed by atoms with van der Waals surface area (Å²) in [7, 11) is 7.73. The first kappa shape index (κ1) is 31.2. The first-order valence-electron chi connectivity index (χ1n) is 13.3. The van der Waals surface area contributed by atoms with Crippen LogP contribution in [-0.4, -0.2) is 71.5 Å². The molecule has 4 rings (SSSR count). The minimum atomic E-state index is -0.563. The van der Waals surface area contributed by atoms with Gasteiger partial charge in [-0.25, -0.2) is 14.8 Å². The maximum Gasteiger partial charge on any atom is 0.354 e. The number of methoxy groups -OCH3 is 1. The largest absolute Gasteiger partial charge is 0.464 e. The molecule has 0 aliphatic rings. The van der Waals surface area contributed by atoms with Crippen molar-refractivity contribution in [2.24, 2.45) is 33.9 Å². The van der Waals surface area contributed by atoms with Crippen molar-refractivity contribution in [2.75, 3.05) is 34.9 Å². The molecule has 44 heavy (non-hydrogen) atoms. The summed E-state index contributed by atoms with van der Waals surface area (Å²) in [5, 5.41) is 10.6. The predicted octanol–water partition coefficient (Wildman–Crippen LogP) is 1.05. The number of nitrogens with one attached hydrogen (secondary N) is 4. The van der Waals surface area contributed by atoms with Gasteiger partial charge < -0.3 is 50.0 Å². The van der Waals surface area contributed by atoms with E-state index in [1.165, 1.54) is 49.9 Å². The molecule has 4 aromatic heterocycles. The molecule has 17 heteroatoms. The molecule has 4 aromatic rings. The van der Waals surface area contributed by atoms with E-state index in [0.29, 0.717) is 24.3 Å². The molecule has 4 heterocycles. The van der Waals surface area contributed by atoms with Gasteiger partial charge in [-0.15, -0.1) is 0 Å². The third-order valence-corrected chi connectivity index (χ3v) is 6.43. The van der Waals surface area contributed by atoms with Crippen LogP contribution in [0.1, 0.15) is 55.1 Å². The van der Waals surface area contributed by atoms with Crippen LogP contribution < -0.4 is 27.0 Å². The number of esters is 1. The van der Waals surface area contributed by atoms with Gasteiger partial charge in [0.1, 0.15) is 11.4 Å². The zero-order valence-electron chi connectivity index (χ0n) is 24.8. The molecule has 0 aliphatic carbocycles. The van der Waals surface area contributed by atoms with E-state index >= 15 is 0 Å². The number of hydrogen-bond donors (Lipinski definition) is 5. The monoisotopic (exact) mass is 607 g/mol. The molecular formula is C27H33N11O6. The van der Waals surface area contributed by atoms with Crippen LogP contribution in [0, 0.1) is 0 Å². The van der Waals surface area contributed by atoms with Crippen molar-refractivity contribution >= 4 is 52.6 Å². The second-order valence-corrected chi connectivity index (χ2v) is 9.87. The van der Waals surface area contributed by atoms with Crippen LogP contribution in [0.5, 0.6) is 0 Å². The van der Waals surface area contributed by atoms with E-state index in [1.54, 1.807) is 40.6 Å². The fraction of sp³-hybridized carbons (Fsp3) is 0.296. The Morgan fingerprint density at radius 3 is 1.73 bits per heavy atom. The van der Waals surface area contributed by atoms with Crippen molar-refractivity contribution in [3.63, 3.8) is 0 Å². The minimum Gasteiger partial charge on any atom is -0.464 e. The highest BCUT2D eigenvalue weighted by Gasteiger charge is 2.21. The molecule has 0 atom stereocenters. The molecule has 0 bridgehead atoms. The zero-order valence-corrected chi connectivity index (χ0v) is 24.8. The number of aromatic nitrogens is 6. The van der Waals surface area contributed by atoms with Gasteiger partial charge in [0, 0.05) is 59.4 Å². The molecule has 0 saturated carbocycles. The van der Waals surface area contributed by atoms with E-state index in [9.17, 15) is 24.0 Å². The highest BCUT2D eigenvalue weighted by atomic mass is 16.5. The number of nitrogens with zero attached hydrogens (tertiary/aromatic N) is 6. The summed E-state index contributed by atoms with van der Waals surface area (Å²) in [6.45, 7) is 0.386. The van der Waals surface area contributed by atoms with E-state index in [1.807, 2.05) is 0 Å². The molecule has 0 aliphatic heterocycles. The number of anilines is 4. The Morgan fingerprint density at radius 1 is 0.705 bits per heavy atom. The van der Waals surface area contributed by atoms with Gasteiger partial charge in [0.15, 0.2) is 11.6 Å². The Hall–Kier alpha value is -5.71. The Kier molecular flexibility index (Phi) is 9.28. The molecule has 0 radical (unpaired) electrons. The Labute approximate surface area is 251 Å². The molecule has 0 spiro atoms. The summed E-state index contributed by atoms with van der Waals surface area (Å²) >= 11 is 0. The minimum absolute atomic E-state index is 0.00797. The molecule has 0 saturated heterocycles. The topological polar surface area (TPSA) is 214 Å². The fourth-order valence-electron chi connectivity index (χ4n) is 4.30. The van der Waals surface area contributed by atoms with Crippen LogP contribution >= 0.6 is 0 Å². The van der Waals surface area contributed by atoms with E-state index in [0.717, 1.165) is 0 Å². The van der Waals surface area contributed by atoms with Gasteiger partial charge >= 0.3 is 5.97 Å². The number of aryl methyl sites for hydroxylation is 4. The van der Waals surface area contributed by atoms with Gasteiger partial charge in [0.05, 0.1) is 18.5 Å². The quantitative estimate of drug-likeness (QED) is 0.154.